The minimum atomic E-state index is -0.179. The first-order valence-electron chi connectivity index (χ1n) is 9.84. The fourth-order valence-electron chi connectivity index (χ4n) is 3.46. The Morgan fingerprint density at radius 1 is 1.25 bits per heavy atom. The molecule has 1 fully saturated rings. The van der Waals surface area contributed by atoms with E-state index < -0.39 is 0 Å². The van der Waals surface area contributed by atoms with Gasteiger partial charge in [-0.05, 0) is 63.7 Å². The summed E-state index contributed by atoms with van der Waals surface area (Å²) in [5, 5.41) is 7.39. The summed E-state index contributed by atoms with van der Waals surface area (Å²) >= 11 is 0. The molecule has 7 nitrogen and oxygen atoms in total. The summed E-state index contributed by atoms with van der Waals surface area (Å²) in [6.07, 6.45) is 1.96. The van der Waals surface area contributed by atoms with Crippen LogP contribution in [0, 0.1) is 5.92 Å². The van der Waals surface area contributed by atoms with E-state index in [1.54, 1.807) is 6.07 Å². The van der Waals surface area contributed by atoms with Crippen molar-refractivity contribution in [2.45, 2.75) is 26.3 Å². The number of rotatable bonds is 7. The number of carbonyl (C=O) groups is 1. The van der Waals surface area contributed by atoms with E-state index >= 15 is 0 Å². The van der Waals surface area contributed by atoms with E-state index in [1.165, 1.54) is 10.7 Å². The molecule has 1 amide bonds. The molecule has 0 spiro atoms. The van der Waals surface area contributed by atoms with Gasteiger partial charge in [0.2, 0.25) is 5.91 Å². The lowest BCUT2D eigenvalue weighted by Gasteiger charge is -2.28. The molecule has 1 aliphatic heterocycles. The number of nitrogens with one attached hydrogen (secondary N) is 1. The fourth-order valence-corrected chi connectivity index (χ4v) is 3.46. The molecule has 1 aliphatic rings. The molecule has 1 saturated heterocycles. The summed E-state index contributed by atoms with van der Waals surface area (Å²) in [5.74, 6) is 0.886. The molecule has 0 saturated carbocycles. The van der Waals surface area contributed by atoms with Crippen molar-refractivity contribution in [3.05, 3.63) is 46.8 Å². The minimum absolute atomic E-state index is 0.0265. The molecule has 1 aromatic heterocycles. The number of aromatic nitrogens is 2. The molecule has 1 atom stereocenters. The average Bonchev–Trinajstić information content (AvgIpc) is 2.70. The largest absolute Gasteiger partial charge is 0.494 e. The van der Waals surface area contributed by atoms with E-state index in [9.17, 15) is 9.59 Å². The molecule has 1 N–H and O–H groups in total. The second-order valence-corrected chi connectivity index (χ2v) is 7.13. The number of likely N-dealkylation sites (tertiary alicyclic amines) is 1. The van der Waals surface area contributed by atoms with Crippen LogP contribution in [0.25, 0.3) is 11.3 Å². The first kappa shape index (κ1) is 20.1. The van der Waals surface area contributed by atoms with Crippen LogP contribution in [0.1, 0.15) is 19.8 Å². The molecule has 0 aliphatic carbocycles. The van der Waals surface area contributed by atoms with Gasteiger partial charge < -0.3 is 15.0 Å². The number of hydrogen-bond acceptors (Lipinski definition) is 5. The van der Waals surface area contributed by atoms with Gasteiger partial charge in [-0.3, -0.25) is 9.59 Å². The van der Waals surface area contributed by atoms with Crippen LogP contribution in [0.3, 0.4) is 0 Å². The van der Waals surface area contributed by atoms with Crippen LogP contribution in [0.5, 0.6) is 5.75 Å². The number of amides is 1. The van der Waals surface area contributed by atoms with E-state index in [-0.39, 0.29) is 17.4 Å². The molecule has 0 radical (unpaired) electrons. The van der Waals surface area contributed by atoms with E-state index in [0.717, 1.165) is 37.2 Å². The van der Waals surface area contributed by atoms with Crippen LogP contribution < -0.4 is 15.6 Å². The van der Waals surface area contributed by atoms with Crippen LogP contribution >= 0.6 is 0 Å². The topological polar surface area (TPSA) is 76.5 Å². The predicted octanol–water partition coefficient (Wildman–Crippen LogP) is 1.77. The summed E-state index contributed by atoms with van der Waals surface area (Å²) < 4.78 is 6.85. The molecular formula is C21H28N4O3. The Morgan fingerprint density at radius 3 is 2.75 bits per heavy atom. The van der Waals surface area contributed by atoms with Gasteiger partial charge in [-0.2, -0.15) is 5.10 Å². The van der Waals surface area contributed by atoms with Gasteiger partial charge in [0.1, 0.15) is 5.75 Å². The Kier molecular flexibility index (Phi) is 6.81. The Balaban J connectivity index is 1.60. The number of piperidine rings is 1. The molecule has 28 heavy (non-hydrogen) atoms. The smallest absolute Gasteiger partial charge is 0.266 e. The van der Waals surface area contributed by atoms with Gasteiger partial charge in [-0.1, -0.05) is 0 Å². The number of hydrogen-bond donors (Lipinski definition) is 1. The van der Waals surface area contributed by atoms with E-state index in [4.69, 9.17) is 4.74 Å². The summed E-state index contributed by atoms with van der Waals surface area (Å²) in [6.45, 7) is 5.12. The van der Waals surface area contributed by atoms with Crippen LogP contribution in [-0.4, -0.2) is 53.9 Å². The number of ether oxygens (including phenoxy) is 1. The molecule has 150 valence electrons. The SMILES string of the molecule is CCOc1ccc(-c2ccc(=O)n(CCNC(=O)C3CCCN(C)C3)n2)cc1. The number of nitrogens with zero attached hydrogens (tertiary/aromatic N) is 3. The minimum Gasteiger partial charge on any atom is -0.494 e. The van der Waals surface area contributed by atoms with Crippen molar-refractivity contribution < 1.29 is 9.53 Å². The third kappa shape index (κ3) is 5.19. The van der Waals surface area contributed by atoms with Crippen LogP contribution in [-0.2, 0) is 11.3 Å². The molecule has 3 rings (SSSR count). The lowest BCUT2D eigenvalue weighted by molar-refractivity contribution is -0.126. The van der Waals surface area contributed by atoms with Crippen molar-refractivity contribution in [1.29, 1.82) is 0 Å². The Hall–Kier alpha value is -2.67. The maximum Gasteiger partial charge on any atom is 0.266 e. The maximum atomic E-state index is 12.3. The molecule has 7 heteroatoms. The van der Waals surface area contributed by atoms with Gasteiger partial charge in [0.15, 0.2) is 0 Å². The number of benzene rings is 1. The normalized spacial score (nSPS) is 17.3. The average molecular weight is 384 g/mol. The predicted molar refractivity (Wildman–Crippen MR) is 108 cm³/mol. The quantitative estimate of drug-likeness (QED) is 0.787. The Bertz CT molecular complexity index is 847. The van der Waals surface area contributed by atoms with Crippen LogP contribution in [0.15, 0.2) is 41.2 Å². The van der Waals surface area contributed by atoms with Gasteiger partial charge in [0.05, 0.1) is 24.8 Å². The third-order valence-corrected chi connectivity index (χ3v) is 4.95. The Labute approximate surface area is 165 Å². The lowest BCUT2D eigenvalue weighted by Crippen LogP contribution is -2.42. The van der Waals surface area contributed by atoms with Crippen molar-refractivity contribution in [3.8, 4) is 17.0 Å². The fraction of sp³-hybridized carbons (Fsp3) is 0.476. The van der Waals surface area contributed by atoms with Crippen molar-refractivity contribution in [3.63, 3.8) is 0 Å². The zero-order valence-electron chi connectivity index (χ0n) is 16.6. The molecular weight excluding hydrogens is 356 g/mol. The molecule has 1 aromatic carbocycles. The van der Waals surface area contributed by atoms with Gasteiger partial charge in [-0.15, -0.1) is 0 Å². The highest BCUT2D eigenvalue weighted by atomic mass is 16.5. The van der Waals surface area contributed by atoms with Crippen molar-refractivity contribution in [1.82, 2.24) is 20.0 Å². The van der Waals surface area contributed by atoms with Gasteiger partial charge in [0.25, 0.3) is 5.56 Å². The maximum absolute atomic E-state index is 12.3. The Morgan fingerprint density at radius 2 is 2.04 bits per heavy atom. The summed E-state index contributed by atoms with van der Waals surface area (Å²) in [6, 6.07) is 10.8. The molecule has 0 bridgehead atoms. The zero-order chi connectivity index (χ0) is 19.9. The summed E-state index contributed by atoms with van der Waals surface area (Å²) in [4.78, 5) is 26.6. The highest BCUT2D eigenvalue weighted by molar-refractivity contribution is 5.78. The third-order valence-electron chi connectivity index (χ3n) is 4.95. The highest BCUT2D eigenvalue weighted by Crippen LogP contribution is 2.20. The molecule has 2 aromatic rings. The molecule has 2 heterocycles. The zero-order valence-corrected chi connectivity index (χ0v) is 16.6. The van der Waals surface area contributed by atoms with Crippen LogP contribution in [0.2, 0.25) is 0 Å². The van der Waals surface area contributed by atoms with Crippen molar-refractivity contribution in [2.24, 2.45) is 5.92 Å². The summed E-state index contributed by atoms with van der Waals surface area (Å²) in [5.41, 5.74) is 1.44. The standard InChI is InChI=1S/C21H28N4O3/c1-3-28-18-8-6-16(7-9-18)19-10-11-20(26)25(23-19)14-12-22-21(27)17-5-4-13-24(2)15-17/h6-11,17H,3-5,12-15H2,1-2H3,(H,22,27). The van der Waals surface area contributed by atoms with Crippen molar-refractivity contribution >= 4 is 5.91 Å². The molecule has 1 unspecified atom stereocenters. The first-order valence-corrected chi connectivity index (χ1v) is 9.84. The summed E-state index contributed by atoms with van der Waals surface area (Å²) in [7, 11) is 2.04. The second-order valence-electron chi connectivity index (χ2n) is 7.13. The van der Waals surface area contributed by atoms with E-state index in [1.807, 2.05) is 38.2 Å². The van der Waals surface area contributed by atoms with E-state index in [2.05, 4.69) is 15.3 Å². The first-order chi connectivity index (χ1) is 13.6. The second kappa shape index (κ2) is 9.50. The monoisotopic (exact) mass is 384 g/mol. The van der Waals surface area contributed by atoms with Gasteiger partial charge >= 0.3 is 0 Å². The number of carbonyl (C=O) groups excluding carboxylic acids is 1. The van der Waals surface area contributed by atoms with Gasteiger partial charge in [-0.25, -0.2) is 4.68 Å². The van der Waals surface area contributed by atoms with Gasteiger partial charge in [0, 0.05) is 24.7 Å². The lowest BCUT2D eigenvalue weighted by atomic mass is 9.98. The van der Waals surface area contributed by atoms with Crippen LogP contribution in [0.4, 0.5) is 0 Å². The highest BCUT2D eigenvalue weighted by Gasteiger charge is 2.23. The van der Waals surface area contributed by atoms with Crippen molar-refractivity contribution in [2.75, 3.05) is 33.3 Å². The van der Waals surface area contributed by atoms with E-state index in [0.29, 0.717) is 25.4 Å².